The monoisotopic (exact) mass is 597 g/mol. The van der Waals surface area contributed by atoms with Gasteiger partial charge in [-0.05, 0) is 38.7 Å². The molecular weight excluding hydrogens is 580 g/mol. The van der Waals surface area contributed by atoms with E-state index >= 15 is 4.39 Å². The summed E-state index contributed by atoms with van der Waals surface area (Å²) in [5.74, 6) is -3.12. The first-order valence-electron chi connectivity index (χ1n) is 11.8. The van der Waals surface area contributed by atoms with E-state index in [9.17, 15) is 19.1 Å². The molecule has 1 amide bonds. The summed E-state index contributed by atoms with van der Waals surface area (Å²) in [6.45, 7) is 0.664. The van der Waals surface area contributed by atoms with Gasteiger partial charge in [0.2, 0.25) is 5.43 Å². The summed E-state index contributed by atoms with van der Waals surface area (Å²) < 4.78 is 38.4. The molecule has 2 aromatic carbocycles. The lowest BCUT2D eigenvalue weighted by atomic mass is 9.92. The van der Waals surface area contributed by atoms with Crippen LogP contribution in [0.4, 0.5) is 8.78 Å². The van der Waals surface area contributed by atoms with Crippen LogP contribution in [-0.4, -0.2) is 46.5 Å². The number of carbonyl (C=O) groups is 1. The SMILES string of the molecule is O=C1c2c(O)c(=O)ccn2N([C@@H]2c3ccccc3-c3scc(Br)c3-c3c2ccc(F)c3F)[C@@H]2COCCN12. The molecule has 1 fully saturated rings. The van der Waals surface area contributed by atoms with Crippen molar-refractivity contribution in [3.05, 3.63) is 97.2 Å². The molecule has 1 saturated heterocycles. The molecule has 0 saturated carbocycles. The molecule has 7 rings (SSSR count). The number of hydrogen-bond acceptors (Lipinski definition) is 6. The fraction of sp³-hybridized carbons (Fsp3) is 0.185. The van der Waals surface area contributed by atoms with Crippen LogP contribution in [0.3, 0.4) is 0 Å². The smallest absolute Gasteiger partial charge is 0.278 e. The van der Waals surface area contributed by atoms with Crippen LogP contribution >= 0.6 is 27.3 Å². The first-order chi connectivity index (χ1) is 18.4. The van der Waals surface area contributed by atoms with Crippen molar-refractivity contribution in [1.82, 2.24) is 9.58 Å². The molecule has 1 aliphatic carbocycles. The summed E-state index contributed by atoms with van der Waals surface area (Å²) in [6.07, 6.45) is 0.782. The van der Waals surface area contributed by atoms with Crippen molar-refractivity contribution in [2.75, 3.05) is 24.8 Å². The molecule has 0 spiro atoms. The number of morpholine rings is 1. The number of carbonyl (C=O) groups excluding carboxylic acids is 1. The molecule has 0 unspecified atom stereocenters. The lowest BCUT2D eigenvalue weighted by molar-refractivity contribution is -0.0196. The third kappa shape index (κ3) is 3.12. The predicted octanol–water partition coefficient (Wildman–Crippen LogP) is 4.84. The first-order valence-corrected chi connectivity index (χ1v) is 13.5. The largest absolute Gasteiger partial charge is 0.502 e. The van der Waals surface area contributed by atoms with E-state index < -0.39 is 40.9 Å². The normalized spacial score (nSPS) is 19.7. The molecule has 1 N–H and O–H groups in total. The number of hydrogen-bond donors (Lipinski definition) is 1. The van der Waals surface area contributed by atoms with Gasteiger partial charge in [-0.1, -0.05) is 30.3 Å². The van der Waals surface area contributed by atoms with Crippen LogP contribution in [0.1, 0.15) is 27.7 Å². The van der Waals surface area contributed by atoms with Gasteiger partial charge in [0.25, 0.3) is 5.91 Å². The summed E-state index contributed by atoms with van der Waals surface area (Å²) in [4.78, 5) is 28.2. The average molecular weight is 598 g/mol. The van der Waals surface area contributed by atoms with E-state index in [1.165, 1.54) is 28.3 Å². The van der Waals surface area contributed by atoms with Gasteiger partial charge in [-0.25, -0.2) is 8.78 Å². The average Bonchev–Trinajstić information content (AvgIpc) is 3.25. The second-order valence-electron chi connectivity index (χ2n) is 9.26. The standard InChI is InChI=1S/C27H18BrF2N3O4S/c28-16-12-38-26-14-4-2-1-3-13(14)23(15-5-6-17(29)22(30)20(15)21(16)26)33-19-11-37-10-9-31(19)27(36)24-25(35)18(34)7-8-32(24)33/h1-8,12,19,23,35H,9-11H2/t19-,23-/m1/s1. The van der Waals surface area contributed by atoms with Gasteiger partial charge in [-0.2, -0.15) is 0 Å². The third-order valence-electron chi connectivity index (χ3n) is 7.36. The number of halogens is 3. The first kappa shape index (κ1) is 23.6. The van der Waals surface area contributed by atoms with E-state index in [0.717, 1.165) is 22.1 Å². The number of nitrogens with zero attached hydrogens (tertiary/aromatic N) is 3. The van der Waals surface area contributed by atoms with Gasteiger partial charge in [0.05, 0.1) is 19.3 Å². The summed E-state index contributed by atoms with van der Waals surface area (Å²) in [5.41, 5.74) is 1.88. The highest BCUT2D eigenvalue weighted by atomic mass is 79.9. The van der Waals surface area contributed by atoms with Crippen LogP contribution < -0.4 is 10.4 Å². The maximum atomic E-state index is 15.8. The van der Waals surface area contributed by atoms with Crippen molar-refractivity contribution < 1.29 is 23.4 Å². The van der Waals surface area contributed by atoms with Crippen molar-refractivity contribution in [3.8, 4) is 27.3 Å². The van der Waals surface area contributed by atoms with Crippen LogP contribution in [0.2, 0.25) is 0 Å². The highest BCUT2D eigenvalue weighted by molar-refractivity contribution is 9.10. The number of amides is 1. The number of pyridine rings is 1. The minimum absolute atomic E-state index is 0.112. The second-order valence-corrected chi connectivity index (χ2v) is 11.0. The zero-order valence-electron chi connectivity index (χ0n) is 19.5. The summed E-state index contributed by atoms with van der Waals surface area (Å²) in [5, 5.41) is 14.4. The Morgan fingerprint density at radius 3 is 2.71 bits per heavy atom. The van der Waals surface area contributed by atoms with Gasteiger partial charge < -0.3 is 14.7 Å². The molecule has 2 atom stereocenters. The van der Waals surface area contributed by atoms with Crippen molar-refractivity contribution in [2.45, 2.75) is 12.2 Å². The van der Waals surface area contributed by atoms with Crippen LogP contribution in [0, 0.1) is 11.6 Å². The van der Waals surface area contributed by atoms with E-state index in [-0.39, 0.29) is 31.0 Å². The van der Waals surface area contributed by atoms with Crippen molar-refractivity contribution in [2.24, 2.45) is 0 Å². The van der Waals surface area contributed by atoms with Gasteiger partial charge in [0.1, 0.15) is 6.17 Å². The van der Waals surface area contributed by atoms with Crippen LogP contribution in [0.25, 0.3) is 21.6 Å². The van der Waals surface area contributed by atoms with Gasteiger partial charge in [0, 0.05) is 44.7 Å². The lowest BCUT2D eigenvalue weighted by Crippen LogP contribution is -2.66. The highest BCUT2D eigenvalue weighted by Crippen LogP contribution is 2.53. The molecule has 2 aromatic heterocycles. The molecule has 4 heterocycles. The number of aromatic hydroxyl groups is 1. The Balaban J connectivity index is 1.61. The predicted molar refractivity (Wildman–Crippen MR) is 141 cm³/mol. The molecule has 38 heavy (non-hydrogen) atoms. The van der Waals surface area contributed by atoms with Crippen molar-refractivity contribution >= 4 is 33.2 Å². The summed E-state index contributed by atoms with van der Waals surface area (Å²) in [6, 6.07) is 10.7. The molecule has 4 aromatic rings. The number of benzene rings is 2. The van der Waals surface area contributed by atoms with E-state index in [0.29, 0.717) is 15.6 Å². The summed E-state index contributed by atoms with van der Waals surface area (Å²) >= 11 is 4.97. The zero-order valence-corrected chi connectivity index (χ0v) is 21.9. The van der Waals surface area contributed by atoms with E-state index in [2.05, 4.69) is 15.9 Å². The molecule has 0 radical (unpaired) electrons. The van der Waals surface area contributed by atoms with Crippen LogP contribution in [-0.2, 0) is 4.74 Å². The zero-order chi connectivity index (χ0) is 26.3. The fourth-order valence-electron chi connectivity index (χ4n) is 5.74. The molecule has 3 aliphatic rings. The van der Waals surface area contributed by atoms with Crippen LogP contribution in [0.15, 0.2) is 63.3 Å². The molecule has 0 bridgehead atoms. The van der Waals surface area contributed by atoms with Gasteiger partial charge in [-0.15, -0.1) is 11.3 Å². The van der Waals surface area contributed by atoms with Gasteiger partial charge in [0.15, 0.2) is 23.1 Å². The Morgan fingerprint density at radius 2 is 1.87 bits per heavy atom. The lowest BCUT2D eigenvalue weighted by Gasteiger charge is -2.51. The second kappa shape index (κ2) is 8.48. The number of fused-ring (bicyclic) bond motifs is 7. The Morgan fingerprint density at radius 1 is 1.05 bits per heavy atom. The number of rotatable bonds is 1. The molecule has 2 aliphatic heterocycles. The highest BCUT2D eigenvalue weighted by Gasteiger charge is 2.46. The van der Waals surface area contributed by atoms with E-state index in [1.54, 1.807) is 11.0 Å². The minimum Gasteiger partial charge on any atom is -0.502 e. The Bertz CT molecular complexity index is 1720. The van der Waals surface area contributed by atoms with E-state index in [4.69, 9.17) is 4.74 Å². The van der Waals surface area contributed by atoms with Gasteiger partial charge >= 0.3 is 0 Å². The van der Waals surface area contributed by atoms with E-state index in [1.807, 2.05) is 34.7 Å². The number of ether oxygens (including phenoxy) is 1. The number of thiophene rings is 1. The topological polar surface area (TPSA) is 75.0 Å². The maximum Gasteiger partial charge on any atom is 0.278 e. The quantitative estimate of drug-likeness (QED) is 0.340. The number of aromatic nitrogens is 1. The maximum absolute atomic E-state index is 15.8. The summed E-state index contributed by atoms with van der Waals surface area (Å²) in [7, 11) is 0. The molecule has 192 valence electrons. The van der Waals surface area contributed by atoms with Gasteiger partial charge in [-0.3, -0.25) is 19.3 Å². The van der Waals surface area contributed by atoms with Crippen LogP contribution in [0.5, 0.6) is 5.75 Å². The Labute approximate surface area is 227 Å². The molecule has 7 nitrogen and oxygen atoms in total. The minimum atomic E-state index is -0.978. The molecule has 11 heteroatoms. The van der Waals surface area contributed by atoms with Crippen molar-refractivity contribution in [1.29, 1.82) is 0 Å². The fourth-order valence-corrected chi connectivity index (χ4v) is 7.53. The third-order valence-corrected chi connectivity index (χ3v) is 9.30. The van der Waals surface area contributed by atoms with Crippen molar-refractivity contribution in [3.63, 3.8) is 0 Å². The Hall–Kier alpha value is -3.54. The Kier molecular flexibility index (Phi) is 5.26. The molecular formula is C27H18BrF2N3O4S.